The molecule has 6 rings (SSSR count). The van der Waals surface area contributed by atoms with Gasteiger partial charge >= 0.3 is 11.9 Å². The molecule has 2 aliphatic heterocycles. The molecular formula is C25H34O10. The predicted molar refractivity (Wildman–Crippen MR) is 116 cm³/mol. The summed E-state index contributed by atoms with van der Waals surface area (Å²) in [6.45, 7) is 5.33. The summed E-state index contributed by atoms with van der Waals surface area (Å²) >= 11 is 0. The van der Waals surface area contributed by atoms with Crippen molar-refractivity contribution >= 4 is 11.9 Å². The molecule has 0 amide bonds. The number of hydrogen-bond donors (Lipinski definition) is 5. The fourth-order valence-corrected chi connectivity index (χ4v) is 9.03. The minimum Gasteiger partial charge on any atom is -0.458 e. The Kier molecular flexibility index (Phi) is 4.94. The fraction of sp³-hybridized carbons (Fsp3) is 0.840. The molecule has 6 fully saturated rings. The first-order valence-electron chi connectivity index (χ1n) is 12.6. The Morgan fingerprint density at radius 2 is 1.91 bits per heavy atom. The molecule has 6 aliphatic rings. The fourth-order valence-electron chi connectivity index (χ4n) is 9.03. The highest BCUT2D eigenvalue weighted by atomic mass is 16.7. The molecule has 5 N–H and O–H groups in total. The molecule has 4 bridgehead atoms. The molecule has 1 spiro atoms. The number of aliphatic hydroxyl groups is 5. The van der Waals surface area contributed by atoms with Crippen molar-refractivity contribution in [1.82, 2.24) is 0 Å². The van der Waals surface area contributed by atoms with Crippen LogP contribution in [0.4, 0.5) is 0 Å². The molecule has 0 aromatic rings. The molecule has 0 aromatic heterocycles. The largest absolute Gasteiger partial charge is 0.458 e. The van der Waals surface area contributed by atoms with Gasteiger partial charge in [-0.15, -0.1) is 0 Å². The highest BCUT2D eigenvalue weighted by Crippen LogP contribution is 2.78. The lowest BCUT2D eigenvalue weighted by Crippen LogP contribution is -2.60. The van der Waals surface area contributed by atoms with E-state index in [4.69, 9.17) is 14.2 Å². The van der Waals surface area contributed by atoms with E-state index in [1.165, 1.54) is 0 Å². The van der Waals surface area contributed by atoms with Crippen molar-refractivity contribution in [1.29, 1.82) is 0 Å². The molecule has 12 atom stereocenters. The van der Waals surface area contributed by atoms with Gasteiger partial charge in [-0.25, -0.2) is 0 Å². The standard InChI is InChI=1S/C25H34O10/c1-11-8-23-10-24(11,32)7-4-13(23)25-6-3-5-22(2,21(31)35-25)18(25)14(23)19(30)34-20-17(29)16(28)15(27)12(9-26)33-20/h12-18,20,26-29,32H,1,3-10H2,2H3/t12-,13-,14-,15-,16+,17-,18-,20+,22-,23+,24+,25-/m1/s1. The lowest BCUT2D eigenvalue weighted by Gasteiger charge is -2.45. The van der Waals surface area contributed by atoms with E-state index in [0.717, 1.165) is 6.42 Å². The Morgan fingerprint density at radius 1 is 1.17 bits per heavy atom. The number of ether oxygens (including phenoxy) is 3. The topological polar surface area (TPSA) is 163 Å². The minimum atomic E-state index is -1.72. The Hall–Kier alpha value is -1.56. The number of aliphatic hydroxyl groups excluding tert-OH is 4. The summed E-state index contributed by atoms with van der Waals surface area (Å²) in [5, 5.41) is 51.6. The molecule has 4 aliphatic carbocycles. The number of carbonyl (C=O) groups is 2. The Morgan fingerprint density at radius 3 is 2.63 bits per heavy atom. The Labute approximate surface area is 202 Å². The van der Waals surface area contributed by atoms with Crippen molar-refractivity contribution in [3.8, 4) is 0 Å². The highest BCUT2D eigenvalue weighted by Gasteiger charge is 2.83. The average Bonchev–Trinajstić information content (AvgIpc) is 3.21. The molecule has 0 aromatic carbocycles. The van der Waals surface area contributed by atoms with Crippen molar-refractivity contribution < 1.29 is 49.3 Å². The predicted octanol–water partition coefficient (Wildman–Crippen LogP) is -0.461. The van der Waals surface area contributed by atoms with Gasteiger partial charge in [0.15, 0.2) is 0 Å². The van der Waals surface area contributed by atoms with Gasteiger partial charge in [-0.2, -0.15) is 0 Å². The monoisotopic (exact) mass is 494 g/mol. The van der Waals surface area contributed by atoms with Gasteiger partial charge in [-0.05, 0) is 62.9 Å². The van der Waals surface area contributed by atoms with Crippen LogP contribution in [-0.4, -0.2) is 86.0 Å². The average molecular weight is 495 g/mol. The van der Waals surface area contributed by atoms with Crippen molar-refractivity contribution in [3.63, 3.8) is 0 Å². The summed E-state index contributed by atoms with van der Waals surface area (Å²) in [7, 11) is 0. The van der Waals surface area contributed by atoms with Gasteiger partial charge in [0, 0.05) is 11.8 Å². The smallest absolute Gasteiger partial charge is 0.312 e. The molecule has 10 heteroatoms. The number of carbonyl (C=O) groups excluding carboxylic acids is 2. The lowest BCUT2D eigenvalue weighted by molar-refractivity contribution is -0.295. The van der Waals surface area contributed by atoms with E-state index < -0.39 is 77.1 Å². The second-order valence-corrected chi connectivity index (χ2v) is 12.0. The zero-order valence-corrected chi connectivity index (χ0v) is 19.8. The summed E-state index contributed by atoms with van der Waals surface area (Å²) in [6.07, 6.45) is -3.96. The molecule has 2 saturated heterocycles. The van der Waals surface area contributed by atoms with Crippen molar-refractivity contribution in [2.24, 2.45) is 28.6 Å². The van der Waals surface area contributed by atoms with Crippen molar-refractivity contribution in [3.05, 3.63) is 12.2 Å². The van der Waals surface area contributed by atoms with Crippen LogP contribution < -0.4 is 0 Å². The maximum absolute atomic E-state index is 14.0. The normalized spacial score (nSPS) is 56.4. The van der Waals surface area contributed by atoms with Crippen LogP contribution in [0.1, 0.15) is 51.9 Å². The highest BCUT2D eigenvalue weighted by molar-refractivity contribution is 5.85. The molecule has 2 heterocycles. The van der Waals surface area contributed by atoms with Crippen LogP contribution in [0.5, 0.6) is 0 Å². The van der Waals surface area contributed by atoms with Crippen LogP contribution in [0.25, 0.3) is 0 Å². The molecule has 0 unspecified atom stereocenters. The zero-order valence-electron chi connectivity index (χ0n) is 19.8. The molecule has 0 radical (unpaired) electrons. The third-order valence-electron chi connectivity index (χ3n) is 10.5. The Bertz CT molecular complexity index is 981. The first-order chi connectivity index (χ1) is 16.4. The van der Waals surface area contributed by atoms with Gasteiger partial charge in [0.2, 0.25) is 6.29 Å². The SMILES string of the molecule is C=C1C[C@]23C[C@@]1(O)CC[C@H]2[C@@]12CCC[C@@](C)(C(=O)O1)[C@H]2[C@@H]3C(=O)O[C@@H]1O[C@H](CO)[C@@H](O)[C@H](O)[C@H]1O. The number of rotatable bonds is 3. The first kappa shape index (κ1) is 23.8. The summed E-state index contributed by atoms with van der Waals surface area (Å²) in [4.78, 5) is 27.2. The first-order valence-corrected chi connectivity index (χ1v) is 12.6. The van der Waals surface area contributed by atoms with E-state index in [9.17, 15) is 35.1 Å². The zero-order chi connectivity index (χ0) is 25.1. The van der Waals surface area contributed by atoms with Crippen LogP contribution >= 0.6 is 0 Å². The van der Waals surface area contributed by atoms with E-state index in [-0.39, 0.29) is 11.9 Å². The van der Waals surface area contributed by atoms with Gasteiger partial charge in [-0.1, -0.05) is 6.58 Å². The minimum absolute atomic E-state index is 0.141. The van der Waals surface area contributed by atoms with E-state index in [1.54, 1.807) is 0 Å². The summed E-state index contributed by atoms with van der Waals surface area (Å²) in [5.74, 6) is -2.43. The van der Waals surface area contributed by atoms with Gasteiger partial charge in [0.1, 0.15) is 30.0 Å². The van der Waals surface area contributed by atoms with E-state index in [1.807, 2.05) is 6.92 Å². The second kappa shape index (κ2) is 7.26. The molecule has 194 valence electrons. The van der Waals surface area contributed by atoms with Crippen LogP contribution in [0, 0.1) is 28.6 Å². The van der Waals surface area contributed by atoms with Crippen molar-refractivity contribution in [2.45, 2.75) is 93.8 Å². The quantitative estimate of drug-likeness (QED) is 0.256. The van der Waals surface area contributed by atoms with Crippen LogP contribution in [0.3, 0.4) is 0 Å². The van der Waals surface area contributed by atoms with Gasteiger partial charge in [-0.3, -0.25) is 9.59 Å². The second-order valence-electron chi connectivity index (χ2n) is 12.0. The van der Waals surface area contributed by atoms with E-state index >= 15 is 0 Å². The molecule has 4 saturated carbocycles. The van der Waals surface area contributed by atoms with Gasteiger partial charge in [0.25, 0.3) is 0 Å². The number of esters is 2. The van der Waals surface area contributed by atoms with Crippen LogP contribution in [0.15, 0.2) is 12.2 Å². The summed E-state index contributed by atoms with van der Waals surface area (Å²) in [5.41, 5.74) is -2.84. The van der Waals surface area contributed by atoms with E-state index in [2.05, 4.69) is 6.58 Å². The van der Waals surface area contributed by atoms with E-state index in [0.29, 0.717) is 44.1 Å². The molecular weight excluding hydrogens is 460 g/mol. The van der Waals surface area contributed by atoms with Crippen molar-refractivity contribution in [2.75, 3.05) is 6.61 Å². The third-order valence-corrected chi connectivity index (χ3v) is 10.5. The van der Waals surface area contributed by atoms with Gasteiger partial charge in [0.05, 0.1) is 23.5 Å². The van der Waals surface area contributed by atoms with Crippen LogP contribution in [-0.2, 0) is 23.8 Å². The molecule has 35 heavy (non-hydrogen) atoms. The maximum atomic E-state index is 14.0. The number of hydrogen-bond acceptors (Lipinski definition) is 10. The summed E-state index contributed by atoms with van der Waals surface area (Å²) < 4.78 is 17.3. The Balaban J connectivity index is 1.41. The lowest BCUT2D eigenvalue weighted by atomic mass is 9.60. The summed E-state index contributed by atoms with van der Waals surface area (Å²) in [6, 6.07) is 0. The third kappa shape index (κ3) is 2.76. The maximum Gasteiger partial charge on any atom is 0.312 e. The molecule has 10 nitrogen and oxygen atoms in total. The van der Waals surface area contributed by atoms with Gasteiger partial charge < -0.3 is 39.7 Å². The van der Waals surface area contributed by atoms with Crippen LogP contribution in [0.2, 0.25) is 0 Å². The number of fused-ring (bicyclic) bond motifs is 1.